The lowest BCUT2D eigenvalue weighted by Crippen LogP contribution is -2.22. The Labute approximate surface area is 95.0 Å². The molecule has 2 heteroatoms. The molecule has 0 radical (unpaired) electrons. The predicted molar refractivity (Wildman–Crippen MR) is 66.7 cm³/mol. The maximum Gasteiger partial charge on any atom is 0.0343 e. The number of nitrogens with one attached hydrogen (secondary N) is 1. The summed E-state index contributed by atoms with van der Waals surface area (Å²) in [7, 11) is 0. The van der Waals surface area contributed by atoms with E-state index in [1.54, 1.807) is 0 Å². The van der Waals surface area contributed by atoms with E-state index in [0.29, 0.717) is 12.0 Å². The third-order valence-electron chi connectivity index (χ3n) is 2.74. The summed E-state index contributed by atoms with van der Waals surface area (Å²) in [5.74, 6) is 0.707. The van der Waals surface area contributed by atoms with E-state index < -0.39 is 0 Å². The third-order valence-corrected chi connectivity index (χ3v) is 3.26. The fourth-order valence-electron chi connectivity index (χ4n) is 1.30. The van der Waals surface area contributed by atoms with Gasteiger partial charge in [-0.1, -0.05) is 36.2 Å². The third kappa shape index (κ3) is 3.33. The fourth-order valence-corrected chi connectivity index (χ4v) is 1.57. The van der Waals surface area contributed by atoms with E-state index in [9.17, 15) is 0 Å². The summed E-state index contributed by atoms with van der Waals surface area (Å²) in [5.41, 5.74) is 1.20. The molecule has 0 amide bonds. The van der Waals surface area contributed by atoms with Crippen LogP contribution >= 0.6 is 15.9 Å². The van der Waals surface area contributed by atoms with Gasteiger partial charge < -0.3 is 5.32 Å². The second-order valence-electron chi connectivity index (χ2n) is 3.83. The van der Waals surface area contributed by atoms with Crippen LogP contribution in [-0.4, -0.2) is 6.04 Å². The van der Waals surface area contributed by atoms with Crippen LogP contribution in [0.5, 0.6) is 0 Å². The van der Waals surface area contributed by atoms with Crippen LogP contribution in [0.25, 0.3) is 0 Å². The Morgan fingerprint density at radius 1 is 1.21 bits per heavy atom. The summed E-state index contributed by atoms with van der Waals surface area (Å²) in [4.78, 5) is 0. The van der Waals surface area contributed by atoms with Gasteiger partial charge in [0.1, 0.15) is 0 Å². The van der Waals surface area contributed by atoms with Crippen LogP contribution in [0.15, 0.2) is 28.7 Å². The quantitative estimate of drug-likeness (QED) is 0.847. The first-order valence-electron chi connectivity index (χ1n) is 5.15. The molecular weight excluding hydrogens is 238 g/mol. The van der Waals surface area contributed by atoms with Gasteiger partial charge in [-0.3, -0.25) is 0 Å². The molecule has 0 spiro atoms. The van der Waals surface area contributed by atoms with Gasteiger partial charge in [-0.05, 0) is 37.1 Å². The molecule has 0 heterocycles. The van der Waals surface area contributed by atoms with Crippen molar-refractivity contribution < 1.29 is 0 Å². The van der Waals surface area contributed by atoms with Gasteiger partial charge in [0.2, 0.25) is 0 Å². The second-order valence-corrected chi connectivity index (χ2v) is 4.74. The lowest BCUT2D eigenvalue weighted by atomic mass is 10.0. The molecule has 1 N–H and O–H groups in total. The van der Waals surface area contributed by atoms with Gasteiger partial charge in [0.25, 0.3) is 0 Å². The molecule has 0 aliphatic carbocycles. The second kappa shape index (κ2) is 5.40. The van der Waals surface area contributed by atoms with Crippen LogP contribution in [0.4, 0.5) is 5.69 Å². The standard InChI is InChI=1S/C12H18BrN/c1-4-9(2)10(3)14-12-7-5-11(13)6-8-12/h5-10,14H,4H2,1-3H3. The van der Waals surface area contributed by atoms with E-state index >= 15 is 0 Å². The maximum atomic E-state index is 3.50. The summed E-state index contributed by atoms with van der Waals surface area (Å²) in [5, 5.41) is 3.50. The molecular formula is C12H18BrN. The molecule has 1 nitrogen and oxygen atoms in total. The minimum absolute atomic E-state index is 0.529. The van der Waals surface area contributed by atoms with E-state index in [0.717, 1.165) is 4.47 Å². The zero-order valence-corrected chi connectivity index (χ0v) is 10.6. The topological polar surface area (TPSA) is 12.0 Å². The summed E-state index contributed by atoms with van der Waals surface area (Å²) in [6.07, 6.45) is 1.21. The van der Waals surface area contributed by atoms with Crippen molar-refractivity contribution in [1.29, 1.82) is 0 Å². The minimum atomic E-state index is 0.529. The lowest BCUT2D eigenvalue weighted by Gasteiger charge is -2.21. The van der Waals surface area contributed by atoms with Gasteiger partial charge in [0.15, 0.2) is 0 Å². The summed E-state index contributed by atoms with van der Waals surface area (Å²) < 4.78 is 1.12. The Kier molecular flexibility index (Phi) is 4.46. The molecule has 0 bridgehead atoms. The Morgan fingerprint density at radius 2 is 1.79 bits per heavy atom. The number of halogens is 1. The van der Waals surface area contributed by atoms with Crippen LogP contribution in [0.2, 0.25) is 0 Å². The molecule has 0 fully saturated rings. The zero-order valence-electron chi connectivity index (χ0n) is 9.05. The van der Waals surface area contributed by atoms with Gasteiger partial charge in [-0.2, -0.15) is 0 Å². The molecule has 78 valence electrons. The summed E-state index contributed by atoms with van der Waals surface area (Å²) >= 11 is 3.43. The highest BCUT2D eigenvalue weighted by molar-refractivity contribution is 9.10. The lowest BCUT2D eigenvalue weighted by molar-refractivity contribution is 0.494. The first-order valence-corrected chi connectivity index (χ1v) is 5.95. The molecule has 0 aliphatic heterocycles. The van der Waals surface area contributed by atoms with Crippen molar-refractivity contribution in [3.8, 4) is 0 Å². The average molecular weight is 256 g/mol. The van der Waals surface area contributed by atoms with E-state index in [4.69, 9.17) is 0 Å². The number of rotatable bonds is 4. The molecule has 1 aromatic carbocycles. The smallest absolute Gasteiger partial charge is 0.0343 e. The molecule has 2 atom stereocenters. The van der Waals surface area contributed by atoms with Crippen molar-refractivity contribution in [2.45, 2.75) is 33.2 Å². The summed E-state index contributed by atoms with van der Waals surface area (Å²) in [6, 6.07) is 8.85. The average Bonchev–Trinajstić information content (AvgIpc) is 2.20. The van der Waals surface area contributed by atoms with Crippen LogP contribution in [0, 0.1) is 5.92 Å². The van der Waals surface area contributed by atoms with Gasteiger partial charge in [-0.25, -0.2) is 0 Å². The zero-order chi connectivity index (χ0) is 10.6. The van der Waals surface area contributed by atoms with Crippen molar-refractivity contribution in [3.05, 3.63) is 28.7 Å². The van der Waals surface area contributed by atoms with E-state index in [-0.39, 0.29) is 0 Å². The molecule has 0 aliphatic rings. The van der Waals surface area contributed by atoms with Crippen molar-refractivity contribution >= 4 is 21.6 Å². The maximum absolute atomic E-state index is 3.50. The number of benzene rings is 1. The van der Waals surface area contributed by atoms with Gasteiger partial charge in [-0.15, -0.1) is 0 Å². The van der Waals surface area contributed by atoms with E-state index in [1.807, 2.05) is 0 Å². The molecule has 0 saturated carbocycles. The van der Waals surface area contributed by atoms with Crippen LogP contribution in [-0.2, 0) is 0 Å². The van der Waals surface area contributed by atoms with Crippen LogP contribution in [0.1, 0.15) is 27.2 Å². The van der Waals surface area contributed by atoms with Crippen molar-refractivity contribution in [2.24, 2.45) is 5.92 Å². The van der Waals surface area contributed by atoms with Crippen LogP contribution < -0.4 is 5.32 Å². The normalized spacial score (nSPS) is 14.9. The molecule has 1 rings (SSSR count). The monoisotopic (exact) mass is 255 g/mol. The van der Waals surface area contributed by atoms with Gasteiger partial charge in [0.05, 0.1) is 0 Å². The Morgan fingerprint density at radius 3 is 2.29 bits per heavy atom. The Bertz CT molecular complexity index is 268. The van der Waals surface area contributed by atoms with Crippen LogP contribution in [0.3, 0.4) is 0 Å². The predicted octanol–water partition coefficient (Wildman–Crippen LogP) is 4.30. The van der Waals surface area contributed by atoms with E-state index in [2.05, 4.69) is 66.3 Å². The largest absolute Gasteiger partial charge is 0.382 e. The van der Waals surface area contributed by atoms with Gasteiger partial charge in [0, 0.05) is 16.2 Å². The molecule has 1 aromatic rings. The molecule has 0 saturated heterocycles. The Balaban J connectivity index is 2.56. The summed E-state index contributed by atoms with van der Waals surface area (Å²) in [6.45, 7) is 6.73. The van der Waals surface area contributed by atoms with Crippen molar-refractivity contribution in [1.82, 2.24) is 0 Å². The molecule has 14 heavy (non-hydrogen) atoms. The highest BCUT2D eigenvalue weighted by Gasteiger charge is 2.08. The van der Waals surface area contributed by atoms with Crippen molar-refractivity contribution in [3.63, 3.8) is 0 Å². The highest BCUT2D eigenvalue weighted by Crippen LogP contribution is 2.17. The fraction of sp³-hybridized carbons (Fsp3) is 0.500. The van der Waals surface area contributed by atoms with Gasteiger partial charge >= 0.3 is 0 Å². The van der Waals surface area contributed by atoms with Crippen molar-refractivity contribution in [2.75, 3.05) is 5.32 Å². The number of hydrogen-bond donors (Lipinski definition) is 1. The first-order chi connectivity index (χ1) is 6.63. The molecule has 2 unspecified atom stereocenters. The first kappa shape index (κ1) is 11.6. The SMILES string of the molecule is CCC(C)C(C)Nc1ccc(Br)cc1. The van der Waals surface area contributed by atoms with E-state index in [1.165, 1.54) is 12.1 Å². The highest BCUT2D eigenvalue weighted by atomic mass is 79.9. The number of hydrogen-bond acceptors (Lipinski definition) is 1. The number of anilines is 1. The molecule has 0 aromatic heterocycles. The minimum Gasteiger partial charge on any atom is -0.382 e. The Hall–Kier alpha value is -0.500.